The Morgan fingerprint density at radius 3 is 0.667 bits per heavy atom. The number of rotatable bonds is 56. The van der Waals surface area contributed by atoms with Gasteiger partial charge in [-0.2, -0.15) is 0 Å². The molecule has 0 saturated carbocycles. The Morgan fingerprint density at radius 2 is 0.480 bits per heavy atom. The molecule has 4 N–H and O–H groups in total. The van der Waals surface area contributed by atoms with E-state index in [-0.39, 0.29) is 18.7 Å². The molecule has 0 bridgehead atoms. The van der Waals surface area contributed by atoms with Crippen molar-refractivity contribution in [2.75, 3.05) is 26.4 Å². The number of ether oxygens (including phenoxy) is 1. The number of carbonyl (C=O) groups is 1. The molecule has 0 aromatic rings. The lowest BCUT2D eigenvalue weighted by atomic mass is 9.95. The van der Waals surface area contributed by atoms with Crippen LogP contribution in [-0.2, 0) is 9.53 Å². The molecule has 0 radical (unpaired) electrons. The summed E-state index contributed by atoms with van der Waals surface area (Å²) in [5, 5.41) is 34.3. The Kier molecular flexibility index (Phi) is 93.8. The van der Waals surface area contributed by atoms with Gasteiger partial charge in [0.2, 0.25) is 0 Å². The summed E-state index contributed by atoms with van der Waals surface area (Å²) in [6.07, 6.45) is 72.4. The third kappa shape index (κ3) is 96.0. The standard InChI is InChI=1S/C20H42O.C17H34O2.C16H34O.C14H30O.C2H6O/c1-3-5-7-9-11-12-14-16-18-20(19-21)17-15-13-10-8-6-4-2;1-4-5-6-7-8-9-10-11-12-13-14-15-17(18)19-16(2)3;1-2-3-4-5-6-7-8-9-10-11-12-13-14-15-16-17;1-2-3-4-5-6-7-8-9-10-11-12-13-14-15;1-2-3/h20-21H,3-19H2,1-2H3;16H,4-15H2,1-3H3;17H,2-16H2,1H3;15H,2-14H2,1H3;3H,2H2,1H3. The van der Waals surface area contributed by atoms with Gasteiger partial charge in [-0.3, -0.25) is 4.79 Å². The zero-order valence-electron chi connectivity index (χ0n) is 53.3. The summed E-state index contributed by atoms with van der Waals surface area (Å²) >= 11 is 0. The first-order valence-corrected chi connectivity index (χ1v) is 34.4. The van der Waals surface area contributed by atoms with E-state index < -0.39 is 0 Å². The molecule has 0 rings (SSSR count). The Balaban J connectivity index is -0.000000287. The SMILES string of the molecule is CCCCCCCCCCC(CO)CCCCCCCC.CCCCCCCCCCCCCC(=O)OC(C)C.CCCCCCCCCCCCCCCCO.CCCCCCCCCCCCCCO.CCO. The lowest BCUT2D eigenvalue weighted by Crippen LogP contribution is -2.10. The van der Waals surface area contributed by atoms with Crippen LogP contribution >= 0.6 is 0 Å². The second kappa shape index (κ2) is 84.6. The Bertz CT molecular complexity index is 871. The van der Waals surface area contributed by atoms with Crippen molar-refractivity contribution >= 4 is 5.97 Å². The molecule has 75 heavy (non-hydrogen) atoms. The molecule has 0 fully saturated rings. The molecule has 1 unspecified atom stereocenters. The topological polar surface area (TPSA) is 107 Å². The number of unbranched alkanes of at least 4 members (excludes halogenated alkanes) is 46. The molecule has 0 heterocycles. The van der Waals surface area contributed by atoms with Crippen molar-refractivity contribution in [1.29, 1.82) is 0 Å². The van der Waals surface area contributed by atoms with Crippen molar-refractivity contribution in [2.24, 2.45) is 5.92 Å². The molecular formula is C69H146O6. The maximum absolute atomic E-state index is 11.3. The van der Waals surface area contributed by atoms with Gasteiger partial charge in [-0.05, 0) is 58.8 Å². The van der Waals surface area contributed by atoms with Gasteiger partial charge in [0, 0.05) is 32.8 Å². The van der Waals surface area contributed by atoms with Crippen molar-refractivity contribution in [3.05, 3.63) is 0 Å². The maximum Gasteiger partial charge on any atom is 0.306 e. The quantitative estimate of drug-likeness (QED) is 0.0357. The van der Waals surface area contributed by atoms with Gasteiger partial charge in [-0.25, -0.2) is 0 Å². The summed E-state index contributed by atoms with van der Waals surface area (Å²) in [6, 6.07) is 0. The number of aliphatic hydroxyl groups excluding tert-OH is 4. The van der Waals surface area contributed by atoms with Crippen molar-refractivity contribution in [3.63, 3.8) is 0 Å². The summed E-state index contributed by atoms with van der Waals surface area (Å²) in [6.45, 7) is 18.2. The van der Waals surface area contributed by atoms with Crippen LogP contribution in [0.4, 0.5) is 0 Å². The lowest BCUT2D eigenvalue weighted by Gasteiger charge is -2.13. The van der Waals surface area contributed by atoms with Crippen LogP contribution in [0.2, 0.25) is 0 Å². The highest BCUT2D eigenvalue weighted by atomic mass is 16.5. The molecule has 0 aliphatic heterocycles. The average Bonchev–Trinajstić information content (AvgIpc) is 3.40. The van der Waals surface area contributed by atoms with Crippen molar-refractivity contribution in [3.8, 4) is 0 Å². The fourth-order valence-electron chi connectivity index (χ4n) is 9.62. The van der Waals surface area contributed by atoms with E-state index in [9.17, 15) is 9.90 Å². The zero-order chi connectivity index (χ0) is 56.5. The fraction of sp³-hybridized carbons (Fsp3) is 0.986. The first-order chi connectivity index (χ1) is 36.8. The molecule has 6 nitrogen and oxygen atoms in total. The van der Waals surface area contributed by atoms with Crippen molar-refractivity contribution in [1.82, 2.24) is 0 Å². The summed E-state index contributed by atoms with van der Waals surface area (Å²) in [5.74, 6) is 0.544. The second-order valence-corrected chi connectivity index (χ2v) is 22.9. The smallest absolute Gasteiger partial charge is 0.306 e. The van der Waals surface area contributed by atoms with E-state index in [0.29, 0.717) is 32.2 Å². The van der Waals surface area contributed by atoms with Crippen LogP contribution in [0.25, 0.3) is 0 Å². The van der Waals surface area contributed by atoms with Gasteiger partial charge in [-0.1, -0.05) is 343 Å². The molecule has 0 aliphatic carbocycles. The highest BCUT2D eigenvalue weighted by Gasteiger charge is 2.07. The van der Waals surface area contributed by atoms with E-state index in [2.05, 4.69) is 34.6 Å². The first-order valence-electron chi connectivity index (χ1n) is 34.4. The summed E-state index contributed by atoms with van der Waals surface area (Å²) < 4.78 is 5.10. The number of aliphatic hydroxyl groups is 4. The number of hydrogen-bond acceptors (Lipinski definition) is 6. The van der Waals surface area contributed by atoms with Crippen molar-refractivity contribution in [2.45, 2.75) is 408 Å². The van der Waals surface area contributed by atoms with Crippen LogP contribution in [0.5, 0.6) is 0 Å². The molecule has 0 saturated heterocycles. The highest BCUT2D eigenvalue weighted by Crippen LogP contribution is 2.20. The Hall–Kier alpha value is -0.690. The van der Waals surface area contributed by atoms with Gasteiger partial charge < -0.3 is 25.2 Å². The third-order valence-corrected chi connectivity index (χ3v) is 14.6. The fourth-order valence-corrected chi connectivity index (χ4v) is 9.62. The lowest BCUT2D eigenvalue weighted by molar-refractivity contribution is -0.147. The van der Waals surface area contributed by atoms with Crippen LogP contribution in [0, 0.1) is 5.92 Å². The molecular weight excluding hydrogens is 925 g/mol. The van der Waals surface area contributed by atoms with E-state index in [0.717, 1.165) is 19.3 Å². The largest absolute Gasteiger partial charge is 0.463 e. The van der Waals surface area contributed by atoms with Gasteiger partial charge in [0.05, 0.1) is 6.10 Å². The molecule has 458 valence electrons. The summed E-state index contributed by atoms with van der Waals surface area (Å²) in [5.41, 5.74) is 0. The predicted molar refractivity (Wildman–Crippen MR) is 336 cm³/mol. The van der Waals surface area contributed by atoms with Crippen LogP contribution in [0.3, 0.4) is 0 Å². The van der Waals surface area contributed by atoms with Crippen LogP contribution < -0.4 is 0 Å². The average molecular weight is 1070 g/mol. The molecule has 6 heteroatoms. The van der Waals surface area contributed by atoms with Gasteiger partial charge in [0.25, 0.3) is 0 Å². The first kappa shape index (κ1) is 83.1. The van der Waals surface area contributed by atoms with Crippen LogP contribution in [-0.4, -0.2) is 58.9 Å². The summed E-state index contributed by atoms with van der Waals surface area (Å²) in [4.78, 5) is 11.3. The molecule has 0 aromatic carbocycles. The monoisotopic (exact) mass is 1070 g/mol. The van der Waals surface area contributed by atoms with Gasteiger partial charge in [0.15, 0.2) is 0 Å². The van der Waals surface area contributed by atoms with Crippen LogP contribution in [0.1, 0.15) is 402 Å². The minimum Gasteiger partial charge on any atom is -0.463 e. The van der Waals surface area contributed by atoms with Crippen LogP contribution in [0.15, 0.2) is 0 Å². The van der Waals surface area contributed by atoms with Gasteiger partial charge in [0.1, 0.15) is 0 Å². The minimum atomic E-state index is -0.0362. The zero-order valence-corrected chi connectivity index (χ0v) is 53.3. The van der Waals surface area contributed by atoms with E-state index in [4.69, 9.17) is 20.1 Å². The second-order valence-electron chi connectivity index (χ2n) is 22.9. The van der Waals surface area contributed by atoms with E-state index in [1.807, 2.05) is 13.8 Å². The molecule has 0 aromatic heterocycles. The number of hydrogen-bond donors (Lipinski definition) is 4. The minimum absolute atomic E-state index is 0.0280. The van der Waals surface area contributed by atoms with Gasteiger partial charge in [-0.15, -0.1) is 0 Å². The van der Waals surface area contributed by atoms with E-state index in [1.165, 1.54) is 321 Å². The van der Waals surface area contributed by atoms with Gasteiger partial charge >= 0.3 is 5.97 Å². The molecule has 0 amide bonds. The number of esters is 1. The maximum atomic E-state index is 11.3. The Labute approximate surface area is 474 Å². The predicted octanol–water partition coefficient (Wildman–Crippen LogP) is 22.7. The van der Waals surface area contributed by atoms with Crippen molar-refractivity contribution < 1.29 is 30.0 Å². The summed E-state index contributed by atoms with van der Waals surface area (Å²) in [7, 11) is 0. The van der Waals surface area contributed by atoms with E-state index >= 15 is 0 Å². The normalized spacial score (nSPS) is 11.2. The molecule has 1 atom stereocenters. The Morgan fingerprint density at radius 1 is 0.293 bits per heavy atom. The third-order valence-electron chi connectivity index (χ3n) is 14.6. The van der Waals surface area contributed by atoms with E-state index in [1.54, 1.807) is 6.92 Å². The number of carbonyl (C=O) groups excluding carboxylic acids is 1. The highest BCUT2D eigenvalue weighted by molar-refractivity contribution is 5.69. The molecule has 0 aliphatic rings. The molecule has 0 spiro atoms.